The number of nitrogens with one attached hydrogen (secondary N) is 1. The van der Waals surface area contributed by atoms with Crippen LogP contribution in [0.15, 0.2) is 18.2 Å². The molecule has 29 heavy (non-hydrogen) atoms. The van der Waals surface area contributed by atoms with Crippen LogP contribution in [0.2, 0.25) is 10.0 Å². The van der Waals surface area contributed by atoms with E-state index in [1.165, 1.54) is 44.9 Å². The lowest BCUT2D eigenvalue weighted by Gasteiger charge is -2.43. The number of rotatable bonds is 6. The Balaban J connectivity index is 1.77. The number of urea groups is 1. The Hall–Kier alpha value is -0.970. The van der Waals surface area contributed by atoms with Crippen LogP contribution in [0, 0.1) is 5.92 Å². The highest BCUT2D eigenvalue weighted by molar-refractivity contribution is 6.42. The van der Waals surface area contributed by atoms with Crippen molar-refractivity contribution in [3.63, 3.8) is 0 Å². The van der Waals surface area contributed by atoms with Crippen LogP contribution in [0.5, 0.6) is 0 Å². The Morgan fingerprint density at radius 2 is 1.90 bits per heavy atom. The molecular weight excluding hydrogens is 405 g/mol. The average Bonchev–Trinajstić information content (AvgIpc) is 2.74. The van der Waals surface area contributed by atoms with Gasteiger partial charge in [0.15, 0.2) is 0 Å². The molecule has 1 aromatic rings. The highest BCUT2D eigenvalue weighted by Crippen LogP contribution is 2.32. The third-order valence-electron chi connectivity index (χ3n) is 6.60. The molecule has 1 saturated carbocycles. The van der Waals surface area contributed by atoms with Gasteiger partial charge in [0.1, 0.15) is 0 Å². The third kappa shape index (κ3) is 5.80. The van der Waals surface area contributed by atoms with Gasteiger partial charge in [-0.05, 0) is 69.7 Å². The minimum absolute atomic E-state index is 0.0252. The van der Waals surface area contributed by atoms with Gasteiger partial charge in [-0.3, -0.25) is 4.90 Å². The number of hydrogen-bond donors (Lipinski definition) is 1. The molecule has 0 spiro atoms. The van der Waals surface area contributed by atoms with Crippen LogP contribution >= 0.6 is 23.2 Å². The number of carbonyl (C=O) groups excluding carboxylic acids is 1. The molecule has 162 valence electrons. The summed E-state index contributed by atoms with van der Waals surface area (Å²) in [5.74, 6) is 0.611. The van der Waals surface area contributed by atoms with E-state index in [-0.39, 0.29) is 18.2 Å². The second-order valence-electron chi connectivity index (χ2n) is 8.67. The molecule has 1 aliphatic heterocycles. The summed E-state index contributed by atoms with van der Waals surface area (Å²) >= 11 is 12.7. The second-order valence-corrected chi connectivity index (χ2v) is 9.45. The number of benzene rings is 1. The number of hydrogen-bond acceptors (Lipinski definition) is 2. The summed E-state index contributed by atoms with van der Waals surface area (Å²) in [7, 11) is 2.15. The molecule has 2 aliphatic rings. The maximum Gasteiger partial charge on any atom is 0.319 e. The molecular formula is C23H35Cl2N3O. The van der Waals surface area contributed by atoms with Crippen LogP contribution in [0.25, 0.3) is 0 Å². The Morgan fingerprint density at radius 3 is 2.59 bits per heavy atom. The molecule has 1 N–H and O–H groups in total. The predicted molar refractivity (Wildman–Crippen MR) is 122 cm³/mol. The van der Waals surface area contributed by atoms with Crippen LogP contribution in [0.3, 0.4) is 0 Å². The molecule has 0 bridgehead atoms. The molecule has 0 radical (unpaired) electrons. The van der Waals surface area contributed by atoms with Gasteiger partial charge in [-0.1, -0.05) is 61.5 Å². The summed E-state index contributed by atoms with van der Waals surface area (Å²) in [5.41, 5.74) is 0.893. The highest BCUT2D eigenvalue weighted by Gasteiger charge is 2.32. The van der Waals surface area contributed by atoms with E-state index in [1.807, 2.05) is 12.1 Å². The lowest BCUT2D eigenvalue weighted by molar-refractivity contribution is 0.0413. The van der Waals surface area contributed by atoms with Crippen LogP contribution in [-0.4, -0.2) is 42.1 Å². The van der Waals surface area contributed by atoms with Gasteiger partial charge < -0.3 is 10.2 Å². The Kier molecular flexibility index (Phi) is 8.52. The largest absolute Gasteiger partial charge is 0.331 e. The molecule has 2 amide bonds. The van der Waals surface area contributed by atoms with E-state index < -0.39 is 0 Å². The number of likely N-dealkylation sites (tertiary alicyclic amines) is 1. The predicted octanol–water partition coefficient (Wildman–Crippen LogP) is 6.48. The Morgan fingerprint density at radius 1 is 1.17 bits per heavy atom. The highest BCUT2D eigenvalue weighted by atomic mass is 35.5. The van der Waals surface area contributed by atoms with Crippen molar-refractivity contribution in [1.82, 2.24) is 15.1 Å². The lowest BCUT2D eigenvalue weighted by atomic mass is 9.88. The standard InChI is InChI=1S/C23H35Cl2N3O/c1-3-20(18-12-9-13-19(24)22(18)25)26-23(29)28(16-17-10-5-4-6-11-17)21-14-7-8-15-27(21)2/h9,12-13,17,20-21H,3-8,10-11,14-16H2,1-2H3,(H,26,29). The molecule has 2 unspecified atom stereocenters. The molecule has 4 nitrogen and oxygen atoms in total. The summed E-state index contributed by atoms with van der Waals surface area (Å²) in [6.45, 7) is 3.97. The lowest BCUT2D eigenvalue weighted by Crippen LogP contribution is -2.56. The van der Waals surface area contributed by atoms with E-state index in [2.05, 4.69) is 29.1 Å². The van der Waals surface area contributed by atoms with Crippen molar-refractivity contribution in [1.29, 1.82) is 0 Å². The fourth-order valence-electron chi connectivity index (χ4n) is 4.86. The number of halogens is 2. The summed E-state index contributed by atoms with van der Waals surface area (Å²) in [6.07, 6.45) is 10.8. The monoisotopic (exact) mass is 439 g/mol. The van der Waals surface area contributed by atoms with Crippen molar-refractivity contribution in [2.75, 3.05) is 20.1 Å². The third-order valence-corrected chi connectivity index (χ3v) is 7.43. The van der Waals surface area contributed by atoms with Gasteiger partial charge in [-0.15, -0.1) is 0 Å². The van der Waals surface area contributed by atoms with Crippen LogP contribution in [0.4, 0.5) is 4.79 Å². The number of amides is 2. The molecule has 1 aromatic carbocycles. The molecule has 2 fully saturated rings. The first-order valence-electron chi connectivity index (χ1n) is 11.2. The molecule has 0 aromatic heterocycles. The fraction of sp³-hybridized carbons (Fsp3) is 0.696. The minimum Gasteiger partial charge on any atom is -0.331 e. The normalized spacial score (nSPS) is 22.3. The molecule has 2 atom stereocenters. The van der Waals surface area contributed by atoms with Gasteiger partial charge in [0.25, 0.3) is 0 Å². The average molecular weight is 440 g/mol. The van der Waals surface area contributed by atoms with Crippen molar-refractivity contribution >= 4 is 29.2 Å². The number of nitrogens with zero attached hydrogens (tertiary/aromatic N) is 2. The van der Waals surface area contributed by atoms with Crippen molar-refractivity contribution < 1.29 is 4.79 Å². The smallest absolute Gasteiger partial charge is 0.319 e. The quantitative estimate of drug-likeness (QED) is 0.550. The summed E-state index contributed by atoms with van der Waals surface area (Å²) in [5, 5.41) is 4.34. The van der Waals surface area contributed by atoms with Crippen molar-refractivity contribution in [2.45, 2.75) is 76.9 Å². The summed E-state index contributed by atoms with van der Waals surface area (Å²) in [6, 6.07) is 5.52. The van der Waals surface area contributed by atoms with Gasteiger partial charge >= 0.3 is 6.03 Å². The maximum absolute atomic E-state index is 13.5. The summed E-state index contributed by atoms with van der Waals surface area (Å²) < 4.78 is 0. The molecule has 6 heteroatoms. The van der Waals surface area contributed by atoms with Crippen LogP contribution in [-0.2, 0) is 0 Å². The van der Waals surface area contributed by atoms with Gasteiger partial charge in [0.2, 0.25) is 0 Å². The molecule has 3 rings (SSSR count). The van der Waals surface area contributed by atoms with E-state index in [0.717, 1.165) is 31.5 Å². The number of carbonyl (C=O) groups is 1. The first-order valence-corrected chi connectivity index (χ1v) is 12.0. The minimum atomic E-state index is -0.142. The van der Waals surface area contributed by atoms with E-state index in [1.54, 1.807) is 6.07 Å². The molecule has 1 aliphatic carbocycles. The topological polar surface area (TPSA) is 35.6 Å². The zero-order valence-electron chi connectivity index (χ0n) is 17.8. The van der Waals surface area contributed by atoms with Gasteiger partial charge in [0, 0.05) is 6.54 Å². The van der Waals surface area contributed by atoms with Gasteiger partial charge in [0.05, 0.1) is 22.3 Å². The van der Waals surface area contributed by atoms with Crippen LogP contribution in [0.1, 0.15) is 76.3 Å². The zero-order valence-corrected chi connectivity index (χ0v) is 19.3. The first kappa shape index (κ1) is 22.7. The van der Waals surface area contributed by atoms with Gasteiger partial charge in [-0.2, -0.15) is 0 Å². The number of piperidine rings is 1. The molecule has 1 heterocycles. The second kappa shape index (κ2) is 10.9. The van der Waals surface area contributed by atoms with Crippen LogP contribution < -0.4 is 5.32 Å². The summed E-state index contributed by atoms with van der Waals surface area (Å²) in [4.78, 5) is 18.0. The fourth-order valence-corrected chi connectivity index (χ4v) is 5.30. The Bertz CT molecular complexity index is 678. The SMILES string of the molecule is CCC(NC(=O)N(CC1CCCCC1)C1CCCCN1C)c1cccc(Cl)c1Cl. The van der Waals surface area contributed by atoms with Gasteiger partial charge in [-0.25, -0.2) is 4.79 Å². The van der Waals surface area contributed by atoms with E-state index in [9.17, 15) is 4.79 Å². The van der Waals surface area contributed by atoms with Crippen molar-refractivity contribution in [2.24, 2.45) is 5.92 Å². The zero-order chi connectivity index (χ0) is 20.8. The first-order chi connectivity index (χ1) is 14.0. The molecule has 1 saturated heterocycles. The maximum atomic E-state index is 13.5. The Labute approximate surface area is 185 Å². The van der Waals surface area contributed by atoms with E-state index in [4.69, 9.17) is 23.2 Å². The van der Waals surface area contributed by atoms with Crippen molar-refractivity contribution in [3.05, 3.63) is 33.8 Å². The van der Waals surface area contributed by atoms with Crippen molar-refractivity contribution in [3.8, 4) is 0 Å². The van der Waals surface area contributed by atoms with E-state index in [0.29, 0.717) is 16.0 Å². The van der Waals surface area contributed by atoms with E-state index >= 15 is 0 Å².